The van der Waals surface area contributed by atoms with Crippen molar-refractivity contribution >= 4 is 23.2 Å². The van der Waals surface area contributed by atoms with Gasteiger partial charge in [-0.05, 0) is 51.9 Å². The Kier molecular flexibility index (Phi) is 5.63. The molecule has 4 nitrogen and oxygen atoms in total. The van der Waals surface area contributed by atoms with E-state index in [2.05, 4.69) is 26.1 Å². The molecule has 0 saturated carbocycles. The Balaban J connectivity index is 2.00. The van der Waals surface area contributed by atoms with E-state index in [1.54, 1.807) is 0 Å². The number of hydrogen-bond donors (Lipinski definition) is 1. The Morgan fingerprint density at radius 2 is 2.04 bits per heavy atom. The van der Waals surface area contributed by atoms with Crippen molar-refractivity contribution in [3.8, 4) is 0 Å². The molecule has 1 aromatic rings. The molecule has 0 spiro atoms. The molecule has 0 bridgehead atoms. The van der Waals surface area contributed by atoms with Crippen LogP contribution in [0.3, 0.4) is 0 Å². The molecule has 2 rings (SSSR count). The number of amides is 1. The van der Waals surface area contributed by atoms with Crippen molar-refractivity contribution in [1.29, 1.82) is 0 Å². The van der Waals surface area contributed by atoms with Crippen LogP contribution in [0, 0.1) is 0 Å². The first-order chi connectivity index (χ1) is 10.8. The molecule has 1 atom stereocenters. The van der Waals surface area contributed by atoms with Crippen molar-refractivity contribution < 1.29 is 4.79 Å². The van der Waals surface area contributed by atoms with Crippen LogP contribution in [-0.4, -0.2) is 45.5 Å². The van der Waals surface area contributed by atoms with Gasteiger partial charge in [0.25, 0.3) is 0 Å². The number of nitrogens with one attached hydrogen (secondary N) is 1. The monoisotopic (exact) mass is 333 g/mol. The molecule has 1 aromatic carbocycles. The van der Waals surface area contributed by atoms with Gasteiger partial charge in [0.1, 0.15) is 0 Å². The van der Waals surface area contributed by atoms with E-state index >= 15 is 0 Å². The van der Waals surface area contributed by atoms with Crippen LogP contribution in [0.5, 0.6) is 0 Å². The maximum atomic E-state index is 12.7. The molecular formula is C18H27N3OS. The van der Waals surface area contributed by atoms with Gasteiger partial charge in [0.05, 0.1) is 6.54 Å². The fraction of sp³-hybridized carbons (Fsp3) is 0.556. The standard InChI is InChI=1S/C18H27N3OS/c1-5-20(12-15-9-7-6-8-10-15)16(22)13-21-14(2)11-18(3,4)19-17(21)23/h6-10,14H,5,11-13H2,1-4H3,(H,19,23)/t14-/m1/s1. The van der Waals surface area contributed by atoms with E-state index in [9.17, 15) is 4.79 Å². The fourth-order valence-corrected chi connectivity index (χ4v) is 3.64. The first-order valence-electron chi connectivity index (χ1n) is 8.23. The van der Waals surface area contributed by atoms with Crippen LogP contribution in [0.15, 0.2) is 30.3 Å². The number of benzene rings is 1. The van der Waals surface area contributed by atoms with Gasteiger partial charge in [-0.25, -0.2) is 0 Å². The van der Waals surface area contributed by atoms with Crippen LogP contribution in [0.2, 0.25) is 0 Å². The van der Waals surface area contributed by atoms with Crippen molar-refractivity contribution in [1.82, 2.24) is 15.1 Å². The van der Waals surface area contributed by atoms with Gasteiger partial charge in [0.15, 0.2) is 5.11 Å². The Hall–Kier alpha value is -1.62. The first-order valence-corrected chi connectivity index (χ1v) is 8.63. The Morgan fingerprint density at radius 3 is 2.61 bits per heavy atom. The number of hydrogen-bond acceptors (Lipinski definition) is 2. The largest absolute Gasteiger partial charge is 0.358 e. The molecule has 0 aromatic heterocycles. The second-order valence-electron chi connectivity index (χ2n) is 6.89. The molecule has 1 aliphatic heterocycles. The normalized spacial score (nSPS) is 20.1. The molecule has 1 N–H and O–H groups in total. The van der Waals surface area contributed by atoms with Crippen molar-refractivity contribution in [2.45, 2.75) is 52.2 Å². The Bertz CT molecular complexity index is 559. The lowest BCUT2D eigenvalue weighted by Crippen LogP contribution is -2.61. The van der Waals surface area contributed by atoms with E-state index in [0.717, 1.165) is 12.0 Å². The van der Waals surface area contributed by atoms with Gasteiger partial charge >= 0.3 is 0 Å². The second kappa shape index (κ2) is 7.30. The van der Waals surface area contributed by atoms with Gasteiger partial charge in [-0.15, -0.1) is 0 Å². The van der Waals surface area contributed by atoms with E-state index in [-0.39, 0.29) is 17.5 Å². The topological polar surface area (TPSA) is 35.6 Å². The third-order valence-corrected chi connectivity index (χ3v) is 4.64. The van der Waals surface area contributed by atoms with Crippen molar-refractivity contribution in [2.24, 2.45) is 0 Å². The summed E-state index contributed by atoms with van der Waals surface area (Å²) in [5.41, 5.74) is 1.14. The number of rotatable bonds is 5. The molecule has 1 aliphatic rings. The van der Waals surface area contributed by atoms with E-state index in [1.807, 2.05) is 47.1 Å². The lowest BCUT2D eigenvalue weighted by Gasteiger charge is -2.44. The fourth-order valence-electron chi connectivity index (χ4n) is 3.11. The van der Waals surface area contributed by atoms with Crippen LogP contribution in [0.1, 0.15) is 39.7 Å². The van der Waals surface area contributed by atoms with E-state index in [1.165, 1.54) is 0 Å². The average molecular weight is 334 g/mol. The van der Waals surface area contributed by atoms with Crippen LogP contribution < -0.4 is 5.32 Å². The predicted molar refractivity (Wildman–Crippen MR) is 98.1 cm³/mol. The number of thiocarbonyl (C=S) groups is 1. The lowest BCUT2D eigenvalue weighted by molar-refractivity contribution is -0.132. The minimum Gasteiger partial charge on any atom is -0.358 e. The highest BCUT2D eigenvalue weighted by Gasteiger charge is 2.34. The summed E-state index contributed by atoms with van der Waals surface area (Å²) in [7, 11) is 0. The summed E-state index contributed by atoms with van der Waals surface area (Å²) in [6.07, 6.45) is 0.964. The summed E-state index contributed by atoms with van der Waals surface area (Å²) in [5, 5.41) is 4.01. The average Bonchev–Trinajstić information content (AvgIpc) is 2.48. The van der Waals surface area contributed by atoms with Crippen molar-refractivity contribution in [3.63, 3.8) is 0 Å². The third-order valence-electron chi connectivity index (χ3n) is 4.30. The van der Waals surface area contributed by atoms with Crippen LogP contribution in [0.4, 0.5) is 0 Å². The number of carbonyl (C=O) groups excluding carboxylic acids is 1. The lowest BCUT2D eigenvalue weighted by atomic mass is 9.93. The quantitative estimate of drug-likeness (QED) is 0.841. The molecule has 0 aliphatic carbocycles. The first kappa shape index (κ1) is 17.7. The second-order valence-corrected chi connectivity index (χ2v) is 7.28. The van der Waals surface area contributed by atoms with E-state index < -0.39 is 0 Å². The summed E-state index contributed by atoms with van der Waals surface area (Å²) in [5.74, 6) is 0.118. The molecule has 0 radical (unpaired) electrons. The summed E-state index contributed by atoms with van der Waals surface area (Å²) < 4.78 is 0. The highest BCUT2D eigenvalue weighted by atomic mass is 32.1. The van der Waals surface area contributed by atoms with Crippen molar-refractivity contribution in [3.05, 3.63) is 35.9 Å². The maximum absolute atomic E-state index is 12.7. The van der Waals surface area contributed by atoms with E-state index in [4.69, 9.17) is 12.2 Å². The van der Waals surface area contributed by atoms with E-state index in [0.29, 0.717) is 24.7 Å². The molecule has 5 heteroatoms. The van der Waals surface area contributed by atoms with Crippen LogP contribution >= 0.6 is 12.2 Å². The molecule has 126 valence electrons. The highest BCUT2D eigenvalue weighted by molar-refractivity contribution is 7.80. The zero-order valence-electron chi connectivity index (χ0n) is 14.5. The third kappa shape index (κ3) is 4.67. The summed E-state index contributed by atoms with van der Waals surface area (Å²) >= 11 is 5.47. The van der Waals surface area contributed by atoms with Crippen molar-refractivity contribution in [2.75, 3.05) is 13.1 Å². The van der Waals surface area contributed by atoms with Crippen LogP contribution in [-0.2, 0) is 11.3 Å². The zero-order valence-corrected chi connectivity index (χ0v) is 15.3. The minimum absolute atomic E-state index is 0.00940. The van der Waals surface area contributed by atoms with Gasteiger partial charge in [-0.1, -0.05) is 30.3 Å². The number of nitrogens with zero attached hydrogens (tertiary/aromatic N) is 2. The molecular weight excluding hydrogens is 306 g/mol. The van der Waals surface area contributed by atoms with Gasteiger partial charge in [-0.3, -0.25) is 4.79 Å². The SMILES string of the molecule is CCN(Cc1ccccc1)C(=O)CN1C(=S)NC(C)(C)C[C@H]1C. The molecule has 1 fully saturated rings. The summed E-state index contributed by atoms with van der Waals surface area (Å²) in [4.78, 5) is 16.6. The van der Waals surface area contributed by atoms with Gasteiger partial charge in [0, 0.05) is 24.7 Å². The molecule has 1 saturated heterocycles. The Morgan fingerprint density at radius 1 is 1.39 bits per heavy atom. The van der Waals surface area contributed by atoms with Crippen LogP contribution in [0.25, 0.3) is 0 Å². The van der Waals surface area contributed by atoms with Gasteiger partial charge < -0.3 is 15.1 Å². The molecule has 1 amide bonds. The predicted octanol–water partition coefficient (Wildman–Crippen LogP) is 2.78. The molecule has 23 heavy (non-hydrogen) atoms. The minimum atomic E-state index is -0.00940. The maximum Gasteiger partial charge on any atom is 0.242 e. The zero-order chi connectivity index (χ0) is 17.0. The molecule has 0 unspecified atom stereocenters. The summed E-state index contributed by atoms with van der Waals surface area (Å²) in [6, 6.07) is 10.4. The Labute approximate surface area is 144 Å². The van der Waals surface area contributed by atoms with Gasteiger partial charge in [0.2, 0.25) is 5.91 Å². The number of carbonyl (C=O) groups is 1. The highest BCUT2D eigenvalue weighted by Crippen LogP contribution is 2.22. The molecule has 1 heterocycles. The number of likely N-dealkylation sites (N-methyl/N-ethyl adjacent to an activating group) is 1. The van der Waals surface area contributed by atoms with Gasteiger partial charge in [-0.2, -0.15) is 0 Å². The summed E-state index contributed by atoms with van der Waals surface area (Å²) in [6.45, 7) is 10.1. The smallest absolute Gasteiger partial charge is 0.242 e.